The summed E-state index contributed by atoms with van der Waals surface area (Å²) in [4.78, 5) is 1.37. The van der Waals surface area contributed by atoms with E-state index >= 15 is 0 Å². The fraction of sp³-hybridized carbons (Fsp3) is 0.250. The van der Waals surface area contributed by atoms with Gasteiger partial charge < -0.3 is 10.5 Å². The molecule has 0 fully saturated rings. The Bertz CT molecular complexity index is 630. The second kappa shape index (κ2) is 6.08. The van der Waals surface area contributed by atoms with Gasteiger partial charge >= 0.3 is 0 Å². The highest BCUT2D eigenvalue weighted by molar-refractivity contribution is 7.99. The standard InChI is InChI=1S/C16H16ClNOS/c17-13-2-1-11(5-7-18)15(10-13)19-14-3-4-16-12(9-14)6-8-20-16/h1-4,9-10H,5-8,18H2. The van der Waals surface area contributed by atoms with Gasteiger partial charge in [0.2, 0.25) is 0 Å². The van der Waals surface area contributed by atoms with Gasteiger partial charge in [-0.25, -0.2) is 0 Å². The van der Waals surface area contributed by atoms with Crippen LogP contribution in [0.5, 0.6) is 11.5 Å². The van der Waals surface area contributed by atoms with Crippen molar-refractivity contribution >= 4 is 23.4 Å². The summed E-state index contributed by atoms with van der Waals surface area (Å²) in [6, 6.07) is 12.0. The van der Waals surface area contributed by atoms with Crippen molar-refractivity contribution in [1.29, 1.82) is 0 Å². The molecule has 0 aromatic heterocycles. The molecule has 0 bridgehead atoms. The molecular formula is C16H16ClNOS. The third kappa shape index (κ3) is 2.95. The summed E-state index contributed by atoms with van der Waals surface area (Å²) >= 11 is 7.97. The smallest absolute Gasteiger partial charge is 0.132 e. The molecule has 1 aliphatic heterocycles. The van der Waals surface area contributed by atoms with Crippen LogP contribution >= 0.6 is 23.4 Å². The summed E-state index contributed by atoms with van der Waals surface area (Å²) in [5.74, 6) is 2.83. The van der Waals surface area contributed by atoms with E-state index in [2.05, 4.69) is 12.1 Å². The molecule has 1 heterocycles. The Morgan fingerprint density at radius 3 is 2.95 bits per heavy atom. The Kier molecular flexibility index (Phi) is 4.20. The number of hydrogen-bond acceptors (Lipinski definition) is 3. The average molecular weight is 306 g/mol. The van der Waals surface area contributed by atoms with E-state index in [1.54, 1.807) is 0 Å². The quantitative estimate of drug-likeness (QED) is 0.915. The lowest BCUT2D eigenvalue weighted by Crippen LogP contribution is -2.04. The van der Waals surface area contributed by atoms with Crippen LogP contribution in [0.2, 0.25) is 5.02 Å². The van der Waals surface area contributed by atoms with Crippen LogP contribution < -0.4 is 10.5 Å². The Morgan fingerprint density at radius 1 is 1.20 bits per heavy atom. The molecule has 0 amide bonds. The first-order chi connectivity index (χ1) is 9.76. The Morgan fingerprint density at radius 2 is 2.10 bits per heavy atom. The Balaban J connectivity index is 1.88. The van der Waals surface area contributed by atoms with E-state index in [4.69, 9.17) is 22.1 Å². The summed E-state index contributed by atoms with van der Waals surface area (Å²) in [6.07, 6.45) is 1.90. The molecule has 20 heavy (non-hydrogen) atoms. The molecule has 0 atom stereocenters. The molecule has 0 saturated carbocycles. The molecule has 0 aliphatic carbocycles. The van der Waals surface area contributed by atoms with Crippen molar-refractivity contribution in [3.8, 4) is 11.5 Å². The van der Waals surface area contributed by atoms with Gasteiger partial charge in [-0.05, 0) is 60.8 Å². The van der Waals surface area contributed by atoms with Gasteiger partial charge in [-0.1, -0.05) is 17.7 Å². The van der Waals surface area contributed by atoms with Gasteiger partial charge in [0.1, 0.15) is 11.5 Å². The van der Waals surface area contributed by atoms with Crippen LogP contribution in [-0.4, -0.2) is 12.3 Å². The minimum atomic E-state index is 0.596. The molecule has 2 N–H and O–H groups in total. The van der Waals surface area contributed by atoms with Gasteiger partial charge in [0, 0.05) is 15.7 Å². The van der Waals surface area contributed by atoms with E-state index in [1.165, 1.54) is 10.5 Å². The van der Waals surface area contributed by atoms with Crippen molar-refractivity contribution in [3.63, 3.8) is 0 Å². The topological polar surface area (TPSA) is 35.2 Å². The van der Waals surface area contributed by atoms with Crippen LogP contribution in [0.15, 0.2) is 41.3 Å². The molecule has 3 rings (SSSR count). The van der Waals surface area contributed by atoms with Gasteiger partial charge in [-0.3, -0.25) is 0 Å². The van der Waals surface area contributed by atoms with E-state index in [9.17, 15) is 0 Å². The van der Waals surface area contributed by atoms with Crippen LogP contribution in [-0.2, 0) is 12.8 Å². The van der Waals surface area contributed by atoms with E-state index in [0.29, 0.717) is 11.6 Å². The summed E-state index contributed by atoms with van der Waals surface area (Å²) in [5, 5.41) is 0.678. The molecule has 0 saturated heterocycles. The first kappa shape index (κ1) is 13.8. The SMILES string of the molecule is NCCc1ccc(Cl)cc1Oc1ccc2c(c1)CCS2. The van der Waals surface area contributed by atoms with Crippen molar-refractivity contribution in [3.05, 3.63) is 52.5 Å². The van der Waals surface area contributed by atoms with Crippen molar-refractivity contribution in [2.24, 2.45) is 5.73 Å². The monoisotopic (exact) mass is 305 g/mol. The fourth-order valence-corrected chi connectivity index (χ4v) is 3.55. The van der Waals surface area contributed by atoms with E-state index in [-0.39, 0.29) is 0 Å². The van der Waals surface area contributed by atoms with E-state index < -0.39 is 0 Å². The molecule has 2 aromatic carbocycles. The third-order valence-electron chi connectivity index (χ3n) is 3.33. The molecule has 0 radical (unpaired) electrons. The summed E-state index contributed by atoms with van der Waals surface area (Å²) < 4.78 is 6.02. The number of rotatable bonds is 4. The number of ether oxygens (including phenoxy) is 1. The minimum absolute atomic E-state index is 0.596. The highest BCUT2D eigenvalue weighted by Crippen LogP contribution is 2.36. The van der Waals surface area contributed by atoms with Crippen LogP contribution in [0.25, 0.3) is 0 Å². The summed E-state index contributed by atoms with van der Waals surface area (Å²) in [6.45, 7) is 0.596. The number of nitrogens with two attached hydrogens (primary N) is 1. The predicted molar refractivity (Wildman–Crippen MR) is 85.2 cm³/mol. The Labute approximate surface area is 128 Å². The summed E-state index contributed by atoms with van der Waals surface area (Å²) in [7, 11) is 0. The fourth-order valence-electron chi connectivity index (χ4n) is 2.34. The van der Waals surface area contributed by atoms with E-state index in [1.807, 2.05) is 36.0 Å². The number of benzene rings is 2. The Hall–Kier alpha value is -1.16. The van der Waals surface area contributed by atoms with Crippen LogP contribution in [0.4, 0.5) is 0 Å². The van der Waals surface area contributed by atoms with Gasteiger partial charge in [-0.2, -0.15) is 0 Å². The van der Waals surface area contributed by atoms with Crippen LogP contribution in [0, 0.1) is 0 Å². The molecule has 1 aliphatic rings. The van der Waals surface area contributed by atoms with Gasteiger partial charge in [0.25, 0.3) is 0 Å². The maximum absolute atomic E-state index is 6.06. The third-order valence-corrected chi connectivity index (χ3v) is 4.68. The molecule has 2 aromatic rings. The molecule has 104 valence electrons. The lowest BCUT2D eigenvalue weighted by atomic mass is 10.1. The zero-order valence-corrected chi connectivity index (χ0v) is 12.6. The highest BCUT2D eigenvalue weighted by atomic mass is 35.5. The van der Waals surface area contributed by atoms with Crippen molar-refractivity contribution in [2.45, 2.75) is 17.7 Å². The maximum Gasteiger partial charge on any atom is 0.132 e. The lowest BCUT2D eigenvalue weighted by molar-refractivity contribution is 0.475. The van der Waals surface area contributed by atoms with Crippen LogP contribution in [0.3, 0.4) is 0 Å². The number of halogens is 1. The van der Waals surface area contributed by atoms with Crippen molar-refractivity contribution in [1.82, 2.24) is 0 Å². The molecule has 4 heteroatoms. The van der Waals surface area contributed by atoms with Gasteiger partial charge in [0.05, 0.1) is 0 Å². The highest BCUT2D eigenvalue weighted by Gasteiger charge is 2.13. The first-order valence-electron chi connectivity index (χ1n) is 6.68. The minimum Gasteiger partial charge on any atom is -0.457 e. The maximum atomic E-state index is 6.06. The van der Waals surface area contributed by atoms with Gasteiger partial charge in [0.15, 0.2) is 0 Å². The first-order valence-corrected chi connectivity index (χ1v) is 8.05. The number of fused-ring (bicyclic) bond motifs is 1. The molecule has 0 spiro atoms. The second-order valence-corrected chi connectivity index (χ2v) is 6.33. The van der Waals surface area contributed by atoms with Gasteiger partial charge in [-0.15, -0.1) is 11.8 Å². The molecule has 2 nitrogen and oxygen atoms in total. The zero-order valence-electron chi connectivity index (χ0n) is 11.1. The van der Waals surface area contributed by atoms with Crippen molar-refractivity contribution in [2.75, 3.05) is 12.3 Å². The largest absolute Gasteiger partial charge is 0.457 e. The normalized spacial score (nSPS) is 13.3. The summed E-state index contributed by atoms with van der Waals surface area (Å²) in [5.41, 5.74) is 8.10. The number of thioether (sulfide) groups is 1. The van der Waals surface area contributed by atoms with E-state index in [0.717, 1.165) is 35.7 Å². The average Bonchev–Trinajstić information content (AvgIpc) is 2.89. The second-order valence-electron chi connectivity index (χ2n) is 4.76. The molecule has 0 unspecified atom stereocenters. The zero-order chi connectivity index (χ0) is 13.9. The predicted octanol–water partition coefficient (Wildman–Crippen LogP) is 4.28. The lowest BCUT2D eigenvalue weighted by Gasteiger charge is -2.12. The molecular weight excluding hydrogens is 290 g/mol. The number of aryl methyl sites for hydroxylation is 1. The van der Waals surface area contributed by atoms with Crippen molar-refractivity contribution < 1.29 is 4.74 Å². The number of hydrogen-bond donors (Lipinski definition) is 1. The van der Waals surface area contributed by atoms with Crippen LogP contribution in [0.1, 0.15) is 11.1 Å².